The smallest absolute Gasteiger partial charge is 0.230 e. The Balaban J connectivity index is 1.82. The van der Waals surface area contributed by atoms with E-state index in [2.05, 4.69) is 6.07 Å². The van der Waals surface area contributed by atoms with Crippen LogP contribution in [0.4, 0.5) is 0 Å². The van der Waals surface area contributed by atoms with Gasteiger partial charge in [0, 0.05) is 20.2 Å². The van der Waals surface area contributed by atoms with E-state index >= 15 is 0 Å². The summed E-state index contributed by atoms with van der Waals surface area (Å²) in [6.45, 7) is 3.64. The molecule has 0 aliphatic heterocycles. The van der Waals surface area contributed by atoms with Crippen molar-refractivity contribution in [3.05, 3.63) is 77.9 Å². The van der Waals surface area contributed by atoms with Crippen molar-refractivity contribution in [2.75, 3.05) is 27.4 Å². The Morgan fingerprint density at radius 3 is 2.39 bits per heavy atom. The number of methoxy groups -OCH3 is 2. The third-order valence-electron chi connectivity index (χ3n) is 5.04. The zero-order chi connectivity index (χ0) is 19.9. The summed E-state index contributed by atoms with van der Waals surface area (Å²) in [5.74, 6) is 0.707. The lowest BCUT2D eigenvalue weighted by atomic mass is 9.96. The van der Waals surface area contributed by atoms with Gasteiger partial charge in [-0.25, -0.2) is 0 Å². The maximum Gasteiger partial charge on any atom is 0.230 e. The predicted molar refractivity (Wildman–Crippen MR) is 113 cm³/mol. The maximum atomic E-state index is 13.2. The Bertz CT molecular complexity index is 924. The number of benzene rings is 3. The number of amides is 1. The van der Waals surface area contributed by atoms with E-state index in [1.165, 1.54) is 0 Å². The van der Waals surface area contributed by atoms with Crippen molar-refractivity contribution in [2.24, 2.45) is 0 Å². The molecule has 0 saturated carbocycles. The van der Waals surface area contributed by atoms with Crippen molar-refractivity contribution in [1.82, 2.24) is 4.90 Å². The quantitative estimate of drug-likeness (QED) is 0.575. The third kappa shape index (κ3) is 4.70. The SMILES string of the molecule is COCCN(Cc1ccccc1)C(=O)C(C)c1ccc2cc(OC)ccc2c1. The van der Waals surface area contributed by atoms with Crippen LogP contribution >= 0.6 is 0 Å². The lowest BCUT2D eigenvalue weighted by Crippen LogP contribution is -2.36. The molecule has 28 heavy (non-hydrogen) atoms. The van der Waals surface area contributed by atoms with Gasteiger partial charge in [0.2, 0.25) is 5.91 Å². The molecule has 3 aromatic carbocycles. The van der Waals surface area contributed by atoms with Gasteiger partial charge in [0.1, 0.15) is 5.75 Å². The zero-order valence-corrected chi connectivity index (χ0v) is 16.7. The first-order valence-corrected chi connectivity index (χ1v) is 9.51. The van der Waals surface area contributed by atoms with Crippen molar-refractivity contribution in [3.63, 3.8) is 0 Å². The number of carbonyl (C=O) groups excluding carboxylic acids is 1. The predicted octanol–water partition coefficient (Wildman–Crippen LogP) is 4.63. The van der Waals surface area contributed by atoms with Crippen molar-refractivity contribution < 1.29 is 14.3 Å². The van der Waals surface area contributed by atoms with Crippen molar-refractivity contribution in [3.8, 4) is 5.75 Å². The van der Waals surface area contributed by atoms with Gasteiger partial charge in [-0.3, -0.25) is 4.79 Å². The summed E-state index contributed by atoms with van der Waals surface area (Å²) in [6, 6.07) is 22.2. The number of carbonyl (C=O) groups is 1. The first kappa shape index (κ1) is 19.9. The number of nitrogens with zero attached hydrogens (tertiary/aromatic N) is 1. The fraction of sp³-hybridized carbons (Fsp3) is 0.292. The summed E-state index contributed by atoms with van der Waals surface area (Å²) >= 11 is 0. The van der Waals surface area contributed by atoms with Gasteiger partial charge in [0.15, 0.2) is 0 Å². The van der Waals surface area contributed by atoms with E-state index in [9.17, 15) is 4.79 Å². The highest BCUT2D eigenvalue weighted by atomic mass is 16.5. The van der Waals surface area contributed by atoms with E-state index < -0.39 is 0 Å². The van der Waals surface area contributed by atoms with Crippen LogP contribution in [0, 0.1) is 0 Å². The van der Waals surface area contributed by atoms with Crippen LogP contribution < -0.4 is 4.74 Å². The van der Waals surface area contributed by atoms with E-state index in [0.717, 1.165) is 27.6 Å². The first-order valence-electron chi connectivity index (χ1n) is 9.51. The minimum absolute atomic E-state index is 0.105. The second-order valence-corrected chi connectivity index (χ2v) is 6.93. The monoisotopic (exact) mass is 377 g/mol. The fourth-order valence-electron chi connectivity index (χ4n) is 3.33. The van der Waals surface area contributed by atoms with E-state index in [1.807, 2.05) is 72.5 Å². The van der Waals surface area contributed by atoms with Gasteiger partial charge in [-0.1, -0.05) is 54.6 Å². The summed E-state index contributed by atoms with van der Waals surface area (Å²) < 4.78 is 10.5. The molecule has 0 saturated heterocycles. The molecule has 1 atom stereocenters. The average molecular weight is 377 g/mol. The molecule has 0 bridgehead atoms. The molecule has 4 heteroatoms. The van der Waals surface area contributed by atoms with E-state index in [4.69, 9.17) is 9.47 Å². The molecule has 0 radical (unpaired) electrons. The lowest BCUT2D eigenvalue weighted by molar-refractivity contribution is -0.133. The molecule has 0 aliphatic carbocycles. The van der Waals surface area contributed by atoms with E-state index in [0.29, 0.717) is 19.7 Å². The Labute approximate surface area is 166 Å². The lowest BCUT2D eigenvalue weighted by Gasteiger charge is -2.26. The van der Waals surface area contributed by atoms with Crippen LogP contribution in [0.2, 0.25) is 0 Å². The average Bonchev–Trinajstić information content (AvgIpc) is 2.75. The minimum Gasteiger partial charge on any atom is -0.497 e. The molecule has 0 fully saturated rings. The van der Waals surface area contributed by atoms with E-state index in [-0.39, 0.29) is 11.8 Å². The van der Waals surface area contributed by atoms with Gasteiger partial charge >= 0.3 is 0 Å². The van der Waals surface area contributed by atoms with Crippen molar-refractivity contribution in [1.29, 1.82) is 0 Å². The number of hydrogen-bond donors (Lipinski definition) is 0. The second-order valence-electron chi connectivity index (χ2n) is 6.93. The van der Waals surface area contributed by atoms with E-state index in [1.54, 1.807) is 14.2 Å². The van der Waals surface area contributed by atoms with Crippen molar-refractivity contribution >= 4 is 16.7 Å². The molecule has 3 rings (SSSR count). The molecule has 0 aromatic heterocycles. The molecule has 4 nitrogen and oxygen atoms in total. The number of ether oxygens (including phenoxy) is 2. The number of fused-ring (bicyclic) bond motifs is 1. The van der Waals surface area contributed by atoms with Gasteiger partial charge in [-0.2, -0.15) is 0 Å². The van der Waals surface area contributed by atoms with Gasteiger partial charge in [-0.15, -0.1) is 0 Å². The molecule has 0 heterocycles. The zero-order valence-electron chi connectivity index (χ0n) is 16.7. The molecular formula is C24H27NO3. The Morgan fingerprint density at radius 1 is 0.964 bits per heavy atom. The summed E-state index contributed by atoms with van der Waals surface area (Å²) in [7, 11) is 3.32. The summed E-state index contributed by atoms with van der Waals surface area (Å²) in [5.41, 5.74) is 2.13. The summed E-state index contributed by atoms with van der Waals surface area (Å²) in [4.78, 5) is 15.1. The standard InChI is InChI=1S/C24H27NO3/c1-18(20-9-10-22-16-23(28-3)12-11-21(22)15-20)24(26)25(13-14-27-2)17-19-7-5-4-6-8-19/h4-12,15-16,18H,13-14,17H2,1-3H3. The maximum absolute atomic E-state index is 13.2. The molecule has 3 aromatic rings. The molecule has 0 spiro atoms. The molecule has 146 valence electrons. The van der Waals surface area contributed by atoms with Gasteiger partial charge < -0.3 is 14.4 Å². The van der Waals surface area contributed by atoms with Crippen LogP contribution in [0.3, 0.4) is 0 Å². The Kier molecular flexibility index (Phi) is 6.66. The molecule has 1 unspecified atom stereocenters. The highest BCUT2D eigenvalue weighted by molar-refractivity contribution is 5.88. The largest absolute Gasteiger partial charge is 0.497 e. The third-order valence-corrected chi connectivity index (χ3v) is 5.04. The normalized spacial score (nSPS) is 12.0. The van der Waals surface area contributed by atoms with Crippen molar-refractivity contribution in [2.45, 2.75) is 19.4 Å². The van der Waals surface area contributed by atoms with Gasteiger partial charge in [0.05, 0.1) is 19.6 Å². The minimum atomic E-state index is -0.230. The van der Waals surface area contributed by atoms with Crippen LogP contribution in [0.5, 0.6) is 5.75 Å². The highest BCUT2D eigenvalue weighted by Gasteiger charge is 2.22. The van der Waals surface area contributed by atoms with Crippen LogP contribution in [-0.4, -0.2) is 38.2 Å². The van der Waals surface area contributed by atoms with Crippen LogP contribution in [0.1, 0.15) is 24.0 Å². The van der Waals surface area contributed by atoms with Crippen LogP contribution in [0.25, 0.3) is 10.8 Å². The van der Waals surface area contributed by atoms with Gasteiger partial charge in [0.25, 0.3) is 0 Å². The summed E-state index contributed by atoms with van der Waals surface area (Å²) in [6.07, 6.45) is 0. The van der Waals surface area contributed by atoms with Crippen LogP contribution in [-0.2, 0) is 16.1 Å². The fourth-order valence-corrected chi connectivity index (χ4v) is 3.33. The Morgan fingerprint density at radius 2 is 1.68 bits per heavy atom. The molecule has 0 N–H and O–H groups in total. The van der Waals surface area contributed by atoms with Crippen LogP contribution in [0.15, 0.2) is 66.7 Å². The molecule has 1 amide bonds. The van der Waals surface area contributed by atoms with Gasteiger partial charge in [-0.05, 0) is 41.0 Å². The Hall–Kier alpha value is -2.85. The molecule has 0 aliphatic rings. The molecular weight excluding hydrogens is 350 g/mol. The summed E-state index contributed by atoms with van der Waals surface area (Å²) in [5, 5.41) is 2.20. The number of hydrogen-bond acceptors (Lipinski definition) is 3. The highest BCUT2D eigenvalue weighted by Crippen LogP contribution is 2.26. The second kappa shape index (κ2) is 9.38. The first-order chi connectivity index (χ1) is 13.6. The topological polar surface area (TPSA) is 38.8 Å². The number of rotatable bonds is 8.